The highest BCUT2D eigenvalue weighted by atomic mass is 31.2. The second kappa shape index (κ2) is 36.3. The van der Waals surface area contributed by atoms with Gasteiger partial charge in [-0.3, -0.25) is 18.6 Å². The molecule has 0 saturated carbocycles. The van der Waals surface area contributed by atoms with E-state index in [9.17, 15) is 19.0 Å². The van der Waals surface area contributed by atoms with E-state index in [-0.39, 0.29) is 26.1 Å². The molecule has 0 heterocycles. The van der Waals surface area contributed by atoms with Crippen molar-refractivity contribution < 1.29 is 37.6 Å². The molecule has 49 heavy (non-hydrogen) atoms. The number of esters is 2. The summed E-state index contributed by atoms with van der Waals surface area (Å²) in [6, 6.07) is 0. The number of allylic oxidation sites excluding steroid dienone is 2. The van der Waals surface area contributed by atoms with E-state index in [1.54, 1.807) is 0 Å². The predicted octanol–water partition coefficient (Wildman–Crippen LogP) is 11.7. The second-order valence-electron chi connectivity index (χ2n) is 13.4. The molecule has 10 heteroatoms. The van der Waals surface area contributed by atoms with Crippen molar-refractivity contribution >= 4 is 26.0 Å². The van der Waals surface area contributed by atoms with Gasteiger partial charge in [-0.15, -0.1) is 0 Å². The Labute approximate surface area is 300 Å². The number of phosphoric ester groups is 1. The highest BCUT2D eigenvalue weighted by molar-refractivity contribution is 7.47. The van der Waals surface area contributed by atoms with Gasteiger partial charge in [0.1, 0.15) is 6.61 Å². The summed E-state index contributed by atoms with van der Waals surface area (Å²) in [6.07, 6.45) is 35.8. The fourth-order valence-electron chi connectivity index (χ4n) is 5.59. The van der Waals surface area contributed by atoms with Gasteiger partial charge >= 0.3 is 19.8 Å². The van der Waals surface area contributed by atoms with Crippen LogP contribution in [0.5, 0.6) is 0 Å². The van der Waals surface area contributed by atoms with E-state index in [0.29, 0.717) is 6.42 Å². The van der Waals surface area contributed by atoms with Crippen molar-refractivity contribution in [1.82, 2.24) is 0 Å². The maximum Gasteiger partial charge on any atom is 0.472 e. The largest absolute Gasteiger partial charge is 0.472 e. The lowest BCUT2D eigenvalue weighted by Gasteiger charge is -2.19. The van der Waals surface area contributed by atoms with Crippen LogP contribution in [0.2, 0.25) is 0 Å². The number of ether oxygens (including phenoxy) is 2. The van der Waals surface area contributed by atoms with Crippen LogP contribution in [0.4, 0.5) is 0 Å². The molecule has 1 unspecified atom stereocenters. The molecule has 0 amide bonds. The molecule has 0 spiro atoms. The first kappa shape index (κ1) is 47.5. The van der Waals surface area contributed by atoms with E-state index in [4.69, 9.17) is 19.4 Å². The van der Waals surface area contributed by atoms with Crippen LogP contribution in [0, 0.1) is 5.41 Å². The second-order valence-corrected chi connectivity index (χ2v) is 14.8. The number of phosphoric acid groups is 1. The summed E-state index contributed by atoms with van der Waals surface area (Å²) in [6.45, 7) is 3.38. The molecule has 0 aliphatic heterocycles. The van der Waals surface area contributed by atoms with Gasteiger partial charge in [0, 0.05) is 19.1 Å². The number of hydrogen-bond acceptors (Lipinski definition) is 8. The Morgan fingerprint density at radius 3 is 1.45 bits per heavy atom. The van der Waals surface area contributed by atoms with Gasteiger partial charge in [0.2, 0.25) is 0 Å². The van der Waals surface area contributed by atoms with Crippen molar-refractivity contribution in [3.05, 3.63) is 12.2 Å². The summed E-state index contributed by atoms with van der Waals surface area (Å²) >= 11 is 0. The molecule has 0 radical (unpaired) electrons. The van der Waals surface area contributed by atoms with Crippen molar-refractivity contribution in [2.45, 2.75) is 200 Å². The zero-order valence-corrected chi connectivity index (χ0v) is 32.4. The number of hydrogen-bond donors (Lipinski definition) is 2. The summed E-state index contributed by atoms with van der Waals surface area (Å²) < 4.78 is 32.4. The Morgan fingerprint density at radius 1 is 0.592 bits per heavy atom. The summed E-state index contributed by atoms with van der Waals surface area (Å²) in [5.74, 6) is -0.861. The van der Waals surface area contributed by atoms with Crippen LogP contribution in [0.25, 0.3) is 0 Å². The minimum Gasteiger partial charge on any atom is -0.462 e. The fourth-order valence-corrected chi connectivity index (χ4v) is 6.28. The average Bonchev–Trinajstić information content (AvgIpc) is 3.08. The SMILES string of the molecule is CCCCCCCC/C=C\CCCCCCCC(=O)O[C@H](COC(=O)CCCCCCCCCCCCCCC)COP(=O)(O)OCC=N. The molecule has 0 saturated heterocycles. The van der Waals surface area contributed by atoms with E-state index >= 15 is 0 Å². The Balaban J connectivity index is 4.19. The maximum absolute atomic E-state index is 12.5. The Bertz CT molecular complexity index is 853. The molecular weight excluding hydrogens is 641 g/mol. The van der Waals surface area contributed by atoms with E-state index in [2.05, 4.69) is 30.5 Å². The molecule has 0 aliphatic carbocycles. The summed E-state index contributed by atoms with van der Waals surface area (Å²) in [5, 5.41) is 6.97. The lowest BCUT2D eigenvalue weighted by Crippen LogP contribution is -2.29. The van der Waals surface area contributed by atoms with Crippen molar-refractivity contribution in [2.75, 3.05) is 19.8 Å². The quantitative estimate of drug-likeness (QED) is 0.0212. The third kappa shape index (κ3) is 36.1. The molecule has 2 N–H and O–H groups in total. The molecule has 2 atom stereocenters. The van der Waals surface area contributed by atoms with Crippen LogP contribution in [-0.2, 0) is 32.7 Å². The molecule has 0 bridgehead atoms. The Hall–Kier alpha value is -1.54. The first-order valence-electron chi connectivity index (χ1n) is 20.0. The van der Waals surface area contributed by atoms with Crippen molar-refractivity contribution in [2.24, 2.45) is 0 Å². The lowest BCUT2D eigenvalue weighted by atomic mass is 10.0. The normalized spacial score (nSPS) is 13.4. The number of carbonyl (C=O) groups excluding carboxylic acids is 2. The standard InChI is InChI=1S/C39H74NO8P/c1-3-5-7-9-11-13-15-17-18-20-22-24-26-28-30-32-39(42)48-37(36-47-49(43,44)46-34-33-40)35-45-38(41)31-29-27-25-23-21-19-16-14-12-10-8-6-4-2/h17-18,33,37,40H,3-16,19-32,34-36H2,1-2H3,(H,43,44)/b18-17-,40-33?/t37-/m1/s1. The van der Waals surface area contributed by atoms with E-state index in [1.165, 1.54) is 109 Å². The number of unbranched alkanes of at least 4 members (excludes halogenated alkanes) is 23. The average molecular weight is 716 g/mol. The van der Waals surface area contributed by atoms with Gasteiger partial charge in [-0.1, -0.05) is 154 Å². The first-order chi connectivity index (χ1) is 23.8. The lowest BCUT2D eigenvalue weighted by molar-refractivity contribution is -0.161. The van der Waals surface area contributed by atoms with E-state index < -0.39 is 32.5 Å². The smallest absolute Gasteiger partial charge is 0.462 e. The summed E-state index contributed by atoms with van der Waals surface area (Å²) in [7, 11) is -4.44. The van der Waals surface area contributed by atoms with Crippen LogP contribution in [0.15, 0.2) is 12.2 Å². The molecule has 0 aromatic carbocycles. The topological polar surface area (TPSA) is 132 Å². The van der Waals surface area contributed by atoms with Crippen LogP contribution in [0.3, 0.4) is 0 Å². The highest BCUT2D eigenvalue weighted by Crippen LogP contribution is 2.43. The van der Waals surface area contributed by atoms with Crippen LogP contribution in [-0.4, -0.2) is 49.0 Å². The molecule has 0 aromatic heterocycles. The van der Waals surface area contributed by atoms with E-state index in [1.807, 2.05) is 0 Å². The third-order valence-electron chi connectivity index (χ3n) is 8.60. The third-order valence-corrected chi connectivity index (χ3v) is 9.55. The van der Waals surface area contributed by atoms with Crippen LogP contribution < -0.4 is 0 Å². The molecule has 0 fully saturated rings. The summed E-state index contributed by atoms with van der Waals surface area (Å²) in [4.78, 5) is 34.7. The van der Waals surface area contributed by atoms with Gasteiger partial charge in [-0.25, -0.2) is 4.57 Å². The number of carbonyl (C=O) groups is 2. The minimum atomic E-state index is -4.44. The van der Waals surface area contributed by atoms with Crippen molar-refractivity contribution in [3.8, 4) is 0 Å². The first-order valence-corrected chi connectivity index (χ1v) is 21.4. The fraction of sp³-hybridized carbons (Fsp3) is 0.872. The van der Waals surface area contributed by atoms with Gasteiger partial charge in [-0.05, 0) is 38.5 Å². The van der Waals surface area contributed by atoms with E-state index in [0.717, 1.165) is 57.6 Å². The van der Waals surface area contributed by atoms with Gasteiger partial charge in [0.05, 0.1) is 13.2 Å². The number of nitrogens with one attached hydrogen (secondary N) is 1. The number of rotatable bonds is 38. The molecule has 9 nitrogen and oxygen atoms in total. The van der Waals surface area contributed by atoms with Crippen LogP contribution in [0.1, 0.15) is 194 Å². The van der Waals surface area contributed by atoms with Crippen molar-refractivity contribution in [3.63, 3.8) is 0 Å². The Morgan fingerprint density at radius 2 is 1.00 bits per heavy atom. The zero-order valence-electron chi connectivity index (χ0n) is 31.5. The zero-order chi connectivity index (χ0) is 36.1. The highest BCUT2D eigenvalue weighted by Gasteiger charge is 2.25. The molecule has 288 valence electrons. The van der Waals surface area contributed by atoms with Crippen LogP contribution >= 0.6 is 7.82 Å². The molecule has 0 aromatic rings. The van der Waals surface area contributed by atoms with Gasteiger partial charge in [0.25, 0.3) is 0 Å². The monoisotopic (exact) mass is 716 g/mol. The minimum absolute atomic E-state index is 0.211. The van der Waals surface area contributed by atoms with Gasteiger partial charge in [0.15, 0.2) is 6.10 Å². The molecular formula is C39H74NO8P. The van der Waals surface area contributed by atoms with Gasteiger partial charge < -0.3 is 19.8 Å². The van der Waals surface area contributed by atoms with Gasteiger partial charge in [-0.2, -0.15) is 0 Å². The maximum atomic E-state index is 12.5. The molecule has 0 rings (SSSR count). The Kier molecular flexibility index (Phi) is 35.1. The predicted molar refractivity (Wildman–Crippen MR) is 201 cm³/mol. The van der Waals surface area contributed by atoms with Crippen molar-refractivity contribution in [1.29, 1.82) is 5.41 Å². The summed E-state index contributed by atoms with van der Waals surface area (Å²) in [5.41, 5.74) is 0. The molecule has 0 aliphatic rings.